The van der Waals surface area contributed by atoms with Crippen molar-refractivity contribution in [2.45, 2.75) is 25.7 Å². The van der Waals surface area contributed by atoms with E-state index >= 15 is 0 Å². The van der Waals surface area contributed by atoms with Gasteiger partial charge in [0.05, 0.1) is 0 Å². The van der Waals surface area contributed by atoms with Crippen LogP contribution in [0.25, 0.3) is 0 Å². The molecule has 1 amide bonds. The predicted molar refractivity (Wildman–Crippen MR) is 84.2 cm³/mol. The van der Waals surface area contributed by atoms with Crippen molar-refractivity contribution >= 4 is 5.91 Å². The molecule has 2 N–H and O–H groups in total. The van der Waals surface area contributed by atoms with Gasteiger partial charge < -0.3 is 10.4 Å². The van der Waals surface area contributed by atoms with Gasteiger partial charge in [-0.05, 0) is 42.5 Å². The van der Waals surface area contributed by atoms with Crippen LogP contribution in [0.3, 0.4) is 0 Å². The highest BCUT2D eigenvalue weighted by Crippen LogP contribution is 2.11. The maximum absolute atomic E-state index is 11.7. The second-order valence-electron chi connectivity index (χ2n) is 5.11. The molecule has 110 valence electrons. The minimum Gasteiger partial charge on any atom is -0.508 e. The monoisotopic (exact) mass is 283 g/mol. The van der Waals surface area contributed by atoms with Gasteiger partial charge in [-0.25, -0.2) is 0 Å². The lowest BCUT2D eigenvalue weighted by molar-refractivity contribution is -0.121. The number of rotatable bonds is 7. The van der Waals surface area contributed by atoms with Crippen LogP contribution < -0.4 is 5.32 Å². The molecular formula is C18H21NO2. The molecule has 0 aliphatic heterocycles. The van der Waals surface area contributed by atoms with Gasteiger partial charge in [0.15, 0.2) is 0 Å². The largest absolute Gasteiger partial charge is 0.508 e. The second kappa shape index (κ2) is 8.10. The molecule has 0 saturated carbocycles. The molecule has 21 heavy (non-hydrogen) atoms. The van der Waals surface area contributed by atoms with Crippen LogP contribution in [0.1, 0.15) is 24.0 Å². The van der Waals surface area contributed by atoms with Crippen LogP contribution in [0.5, 0.6) is 5.75 Å². The first-order chi connectivity index (χ1) is 10.2. The molecular weight excluding hydrogens is 262 g/mol. The lowest BCUT2D eigenvalue weighted by Gasteiger charge is -2.06. The van der Waals surface area contributed by atoms with Gasteiger partial charge in [0, 0.05) is 13.0 Å². The van der Waals surface area contributed by atoms with E-state index in [9.17, 15) is 9.90 Å². The lowest BCUT2D eigenvalue weighted by atomic mass is 10.1. The van der Waals surface area contributed by atoms with Crippen molar-refractivity contribution in [3.63, 3.8) is 0 Å². The predicted octanol–water partition coefficient (Wildman–Crippen LogP) is 3.07. The Bertz CT molecular complexity index is 549. The summed E-state index contributed by atoms with van der Waals surface area (Å²) in [5.41, 5.74) is 2.36. The quantitative estimate of drug-likeness (QED) is 0.767. The zero-order valence-corrected chi connectivity index (χ0v) is 12.1. The molecule has 2 aromatic carbocycles. The maximum Gasteiger partial charge on any atom is 0.220 e. The molecule has 0 atom stereocenters. The SMILES string of the molecule is O=C(CCc1ccc(O)cc1)NCCCc1ccccc1. The van der Waals surface area contributed by atoms with Crippen LogP contribution in [-0.2, 0) is 17.6 Å². The minimum atomic E-state index is 0.0798. The van der Waals surface area contributed by atoms with E-state index in [1.54, 1.807) is 12.1 Å². The van der Waals surface area contributed by atoms with E-state index in [-0.39, 0.29) is 11.7 Å². The average molecular weight is 283 g/mol. The number of hydrogen-bond acceptors (Lipinski definition) is 2. The highest BCUT2D eigenvalue weighted by molar-refractivity contribution is 5.76. The first-order valence-electron chi connectivity index (χ1n) is 7.32. The van der Waals surface area contributed by atoms with Crippen molar-refractivity contribution < 1.29 is 9.90 Å². The fourth-order valence-corrected chi connectivity index (χ4v) is 2.17. The number of phenolic OH excluding ortho intramolecular Hbond substituents is 1. The average Bonchev–Trinajstić information content (AvgIpc) is 2.52. The third kappa shape index (κ3) is 5.69. The molecule has 2 aromatic rings. The summed E-state index contributed by atoms with van der Waals surface area (Å²) in [5, 5.41) is 12.1. The van der Waals surface area contributed by atoms with E-state index in [4.69, 9.17) is 0 Å². The van der Waals surface area contributed by atoms with Crippen LogP contribution in [0.15, 0.2) is 54.6 Å². The highest BCUT2D eigenvalue weighted by atomic mass is 16.3. The molecule has 0 bridgehead atoms. The number of carbonyl (C=O) groups is 1. The summed E-state index contributed by atoms with van der Waals surface area (Å²) >= 11 is 0. The van der Waals surface area contributed by atoms with Crippen LogP contribution in [-0.4, -0.2) is 17.6 Å². The van der Waals surface area contributed by atoms with Crippen LogP contribution in [0.2, 0.25) is 0 Å². The molecule has 0 fully saturated rings. The molecule has 0 radical (unpaired) electrons. The van der Waals surface area contributed by atoms with E-state index in [0.29, 0.717) is 19.4 Å². The van der Waals surface area contributed by atoms with Crippen molar-refractivity contribution in [1.29, 1.82) is 0 Å². The Morgan fingerprint density at radius 2 is 1.57 bits per heavy atom. The van der Waals surface area contributed by atoms with Gasteiger partial charge in [0.2, 0.25) is 5.91 Å². The summed E-state index contributed by atoms with van der Waals surface area (Å²) in [7, 11) is 0. The van der Waals surface area contributed by atoms with Gasteiger partial charge in [-0.2, -0.15) is 0 Å². The van der Waals surface area contributed by atoms with E-state index < -0.39 is 0 Å². The van der Waals surface area contributed by atoms with Crippen molar-refractivity contribution in [1.82, 2.24) is 5.32 Å². The Labute approximate surface area is 125 Å². The standard InChI is InChI=1S/C18H21NO2/c20-17-11-8-16(9-12-17)10-13-18(21)19-14-4-7-15-5-2-1-3-6-15/h1-3,5-6,8-9,11-12,20H,4,7,10,13-14H2,(H,19,21). The Hall–Kier alpha value is -2.29. The van der Waals surface area contributed by atoms with Crippen molar-refractivity contribution in [2.24, 2.45) is 0 Å². The summed E-state index contributed by atoms with van der Waals surface area (Å²) in [6, 6.07) is 17.3. The lowest BCUT2D eigenvalue weighted by Crippen LogP contribution is -2.24. The van der Waals surface area contributed by atoms with Gasteiger partial charge in [0.25, 0.3) is 0 Å². The summed E-state index contributed by atoms with van der Waals surface area (Å²) in [6.07, 6.45) is 3.12. The van der Waals surface area contributed by atoms with E-state index in [2.05, 4.69) is 17.4 Å². The van der Waals surface area contributed by atoms with E-state index in [1.165, 1.54) is 5.56 Å². The van der Waals surface area contributed by atoms with Crippen LogP contribution in [0.4, 0.5) is 0 Å². The summed E-state index contributed by atoms with van der Waals surface area (Å²) < 4.78 is 0. The molecule has 0 unspecified atom stereocenters. The number of aromatic hydroxyl groups is 1. The number of hydrogen-bond donors (Lipinski definition) is 2. The molecule has 0 aromatic heterocycles. The summed E-state index contributed by atoms with van der Waals surface area (Å²) in [5.74, 6) is 0.334. The topological polar surface area (TPSA) is 49.3 Å². The van der Waals surface area contributed by atoms with Gasteiger partial charge in [0.1, 0.15) is 5.75 Å². The van der Waals surface area contributed by atoms with Gasteiger partial charge in [-0.1, -0.05) is 42.5 Å². The van der Waals surface area contributed by atoms with Crippen LogP contribution >= 0.6 is 0 Å². The zero-order valence-electron chi connectivity index (χ0n) is 12.1. The zero-order chi connectivity index (χ0) is 14.9. The Kier molecular flexibility index (Phi) is 5.83. The van der Waals surface area contributed by atoms with E-state index in [0.717, 1.165) is 18.4 Å². The van der Waals surface area contributed by atoms with Gasteiger partial charge >= 0.3 is 0 Å². The number of carbonyl (C=O) groups excluding carboxylic acids is 1. The normalized spacial score (nSPS) is 10.3. The van der Waals surface area contributed by atoms with Crippen molar-refractivity contribution in [3.05, 3.63) is 65.7 Å². The first kappa shape index (κ1) is 15.1. The molecule has 0 aliphatic carbocycles. The number of amides is 1. The van der Waals surface area contributed by atoms with Gasteiger partial charge in [-0.15, -0.1) is 0 Å². The second-order valence-corrected chi connectivity index (χ2v) is 5.11. The fourth-order valence-electron chi connectivity index (χ4n) is 2.17. The minimum absolute atomic E-state index is 0.0798. The Balaban J connectivity index is 1.60. The molecule has 2 rings (SSSR count). The molecule has 3 nitrogen and oxygen atoms in total. The number of phenols is 1. The van der Waals surface area contributed by atoms with Crippen molar-refractivity contribution in [3.8, 4) is 5.75 Å². The Morgan fingerprint density at radius 3 is 2.29 bits per heavy atom. The molecule has 0 saturated heterocycles. The maximum atomic E-state index is 11.7. The van der Waals surface area contributed by atoms with Crippen LogP contribution in [0, 0.1) is 0 Å². The third-order valence-corrected chi connectivity index (χ3v) is 3.38. The van der Waals surface area contributed by atoms with E-state index in [1.807, 2.05) is 30.3 Å². The number of benzene rings is 2. The summed E-state index contributed by atoms with van der Waals surface area (Å²) in [4.78, 5) is 11.7. The number of aryl methyl sites for hydroxylation is 2. The van der Waals surface area contributed by atoms with Crippen molar-refractivity contribution in [2.75, 3.05) is 6.54 Å². The first-order valence-corrected chi connectivity index (χ1v) is 7.32. The smallest absolute Gasteiger partial charge is 0.220 e. The molecule has 0 heterocycles. The molecule has 0 spiro atoms. The highest BCUT2D eigenvalue weighted by Gasteiger charge is 2.02. The molecule has 3 heteroatoms. The summed E-state index contributed by atoms with van der Waals surface area (Å²) in [6.45, 7) is 0.712. The third-order valence-electron chi connectivity index (χ3n) is 3.38. The van der Waals surface area contributed by atoms with Gasteiger partial charge in [-0.3, -0.25) is 4.79 Å². The molecule has 0 aliphatic rings. The Morgan fingerprint density at radius 1 is 0.905 bits per heavy atom. The number of nitrogens with one attached hydrogen (secondary N) is 1. The fraction of sp³-hybridized carbons (Fsp3) is 0.278.